The first-order chi connectivity index (χ1) is 36.5. The van der Waals surface area contributed by atoms with E-state index in [-0.39, 0.29) is 19.1 Å². The summed E-state index contributed by atoms with van der Waals surface area (Å²) in [5.41, 5.74) is 0. The molecule has 0 saturated carbocycles. The van der Waals surface area contributed by atoms with Crippen LogP contribution in [0, 0.1) is 0 Å². The highest BCUT2D eigenvalue weighted by Crippen LogP contribution is 2.43. The van der Waals surface area contributed by atoms with Crippen LogP contribution in [0.1, 0.15) is 226 Å². The van der Waals surface area contributed by atoms with E-state index in [2.05, 4.69) is 141 Å². The number of phosphoric ester groups is 1. The normalized spacial score (nSPS) is 14.8. The lowest BCUT2D eigenvalue weighted by Gasteiger charge is -2.25. The Morgan fingerprint density at radius 3 is 1.17 bits per heavy atom. The van der Waals surface area contributed by atoms with E-state index in [0.717, 1.165) is 96.3 Å². The van der Waals surface area contributed by atoms with Crippen molar-refractivity contribution in [3.05, 3.63) is 134 Å². The molecule has 0 radical (unpaired) electrons. The Morgan fingerprint density at radius 2 is 0.800 bits per heavy atom. The Labute approximate surface area is 462 Å². The molecular weight excluding hydrogens is 948 g/mol. The van der Waals surface area contributed by atoms with Crippen LogP contribution < -0.4 is 5.32 Å². The van der Waals surface area contributed by atoms with E-state index in [4.69, 9.17) is 9.05 Å². The standard InChI is InChI=1S/C66H113N2O6P/c1-6-8-10-12-14-16-18-20-22-24-26-28-29-30-31-32-33-34-35-36-37-38-39-40-42-44-46-48-50-52-54-56-58-60-66(70)67-64(63-74-75(71,72)73-62-61-68(3,4)5)65(69)59-57-55-53-51-49-47-45-43-41-27-25-23-21-19-17-15-13-11-9-7-2/h8,10,14,16,20,22,26,28,30-31,33-34,36-37,39-40,44,46,50,52,57,59,64-65,69H,6-7,9,11-13,15,17-19,21,23-25,27,29,32,35,38,41-43,45,47-49,51,53-56,58,60-63H2,1-5H3,(H-,67,70,71,72)/p+1/b10-8-,16-14-,22-20-,28-26-,31-30-,34-33-,37-36-,40-39-,46-44-,52-50-,59-57+. The Morgan fingerprint density at radius 1 is 0.467 bits per heavy atom. The lowest BCUT2D eigenvalue weighted by atomic mass is 10.0. The number of nitrogens with one attached hydrogen (secondary N) is 1. The smallest absolute Gasteiger partial charge is 0.387 e. The van der Waals surface area contributed by atoms with Gasteiger partial charge in [-0.3, -0.25) is 13.8 Å². The predicted molar refractivity (Wildman–Crippen MR) is 327 cm³/mol. The third-order valence-electron chi connectivity index (χ3n) is 12.6. The molecule has 0 aromatic rings. The summed E-state index contributed by atoms with van der Waals surface area (Å²) in [5, 5.41) is 13.9. The summed E-state index contributed by atoms with van der Waals surface area (Å²) in [6, 6.07) is -0.881. The van der Waals surface area contributed by atoms with Crippen LogP contribution in [0.3, 0.4) is 0 Å². The molecule has 3 N–H and O–H groups in total. The molecule has 3 atom stereocenters. The van der Waals surface area contributed by atoms with E-state index < -0.39 is 20.0 Å². The van der Waals surface area contributed by atoms with Gasteiger partial charge in [0.2, 0.25) is 5.91 Å². The van der Waals surface area contributed by atoms with E-state index in [1.54, 1.807) is 6.08 Å². The van der Waals surface area contributed by atoms with Gasteiger partial charge >= 0.3 is 7.82 Å². The molecular formula is C66H114N2O6P+. The zero-order valence-electron chi connectivity index (χ0n) is 48.7. The van der Waals surface area contributed by atoms with E-state index in [9.17, 15) is 19.4 Å². The molecule has 0 aliphatic rings. The summed E-state index contributed by atoms with van der Waals surface area (Å²) in [5.74, 6) is -0.224. The molecule has 0 fully saturated rings. The number of phosphoric acid groups is 1. The number of carbonyl (C=O) groups excluding carboxylic acids is 1. The first kappa shape index (κ1) is 71.6. The zero-order valence-corrected chi connectivity index (χ0v) is 49.6. The quantitative estimate of drug-likeness (QED) is 0.0243. The Kier molecular flexibility index (Phi) is 52.9. The number of carbonyl (C=O) groups is 1. The van der Waals surface area contributed by atoms with Gasteiger partial charge in [-0.1, -0.05) is 257 Å². The van der Waals surface area contributed by atoms with Crippen molar-refractivity contribution >= 4 is 13.7 Å². The SMILES string of the molecule is CC/C=C\C/C=C\C/C=C\C/C=C\C/C=C\C/C=C\C/C=C\C/C=C\C/C=C\C/C=C\CCCCC(=O)NC(COP(=O)(O)OCC[N+](C)(C)C)C(O)/C=C/CCCCCCCCCCCCCCCCCCCC. The molecule has 0 spiro atoms. The van der Waals surface area contributed by atoms with Crippen molar-refractivity contribution in [2.75, 3.05) is 40.9 Å². The number of hydrogen-bond acceptors (Lipinski definition) is 5. The highest BCUT2D eigenvalue weighted by Gasteiger charge is 2.27. The first-order valence-electron chi connectivity index (χ1n) is 30.1. The summed E-state index contributed by atoms with van der Waals surface area (Å²) in [6.07, 6.45) is 84.1. The van der Waals surface area contributed by atoms with Gasteiger partial charge in [-0.25, -0.2) is 4.57 Å². The summed E-state index contributed by atoms with van der Waals surface area (Å²) < 4.78 is 23.7. The van der Waals surface area contributed by atoms with Gasteiger partial charge in [0.25, 0.3) is 0 Å². The van der Waals surface area contributed by atoms with Crippen molar-refractivity contribution in [2.45, 2.75) is 238 Å². The molecule has 0 aliphatic carbocycles. The van der Waals surface area contributed by atoms with Crippen LogP contribution in [0.2, 0.25) is 0 Å². The summed E-state index contributed by atoms with van der Waals surface area (Å²) in [6.45, 7) is 4.66. The van der Waals surface area contributed by atoms with Gasteiger partial charge in [0, 0.05) is 6.42 Å². The van der Waals surface area contributed by atoms with Gasteiger partial charge in [-0.2, -0.15) is 0 Å². The Balaban J connectivity index is 4.34. The van der Waals surface area contributed by atoms with Crippen molar-refractivity contribution in [2.24, 2.45) is 0 Å². The molecule has 8 nitrogen and oxygen atoms in total. The van der Waals surface area contributed by atoms with Crippen molar-refractivity contribution in [1.82, 2.24) is 5.32 Å². The molecule has 0 saturated heterocycles. The lowest BCUT2D eigenvalue weighted by molar-refractivity contribution is -0.870. The third kappa shape index (κ3) is 58.2. The van der Waals surface area contributed by atoms with Crippen LogP contribution in [0.15, 0.2) is 134 Å². The molecule has 0 heterocycles. The van der Waals surface area contributed by atoms with Gasteiger partial charge in [0.1, 0.15) is 13.2 Å². The molecule has 0 rings (SSSR count). The monoisotopic (exact) mass is 1060 g/mol. The van der Waals surface area contributed by atoms with Gasteiger partial charge < -0.3 is 19.8 Å². The van der Waals surface area contributed by atoms with E-state index in [1.165, 1.54) is 103 Å². The fourth-order valence-corrected chi connectivity index (χ4v) is 8.69. The fourth-order valence-electron chi connectivity index (χ4n) is 7.95. The maximum absolute atomic E-state index is 13.0. The molecule has 0 aromatic heterocycles. The van der Waals surface area contributed by atoms with Crippen LogP contribution in [0.5, 0.6) is 0 Å². The molecule has 3 unspecified atom stereocenters. The number of allylic oxidation sites excluding steroid dienone is 21. The maximum Gasteiger partial charge on any atom is 0.472 e. The fraction of sp³-hybridized carbons (Fsp3) is 0.652. The molecule has 9 heteroatoms. The van der Waals surface area contributed by atoms with E-state index in [1.807, 2.05) is 27.2 Å². The Hall–Kier alpha value is -3.36. The number of rotatable bonds is 53. The minimum atomic E-state index is -4.37. The topological polar surface area (TPSA) is 105 Å². The van der Waals surface area contributed by atoms with Crippen molar-refractivity contribution in [1.29, 1.82) is 0 Å². The first-order valence-corrected chi connectivity index (χ1v) is 31.6. The van der Waals surface area contributed by atoms with Crippen molar-refractivity contribution in [3.63, 3.8) is 0 Å². The molecule has 0 aromatic carbocycles. The van der Waals surface area contributed by atoms with Crippen LogP contribution in [-0.4, -0.2) is 73.4 Å². The summed E-state index contributed by atoms with van der Waals surface area (Å²) >= 11 is 0. The predicted octanol–water partition coefficient (Wildman–Crippen LogP) is 18.7. The highest BCUT2D eigenvalue weighted by molar-refractivity contribution is 7.47. The highest BCUT2D eigenvalue weighted by atomic mass is 31.2. The molecule has 75 heavy (non-hydrogen) atoms. The number of amides is 1. The largest absolute Gasteiger partial charge is 0.472 e. The van der Waals surface area contributed by atoms with E-state index in [0.29, 0.717) is 23.9 Å². The number of aliphatic hydroxyl groups is 1. The van der Waals surface area contributed by atoms with E-state index >= 15 is 0 Å². The molecule has 0 bridgehead atoms. The number of aliphatic hydroxyl groups excluding tert-OH is 1. The minimum absolute atomic E-state index is 0.0456. The number of likely N-dealkylation sites (N-methyl/N-ethyl adjacent to an activating group) is 1. The molecule has 1 amide bonds. The maximum atomic E-state index is 13.0. The second-order valence-corrected chi connectivity index (χ2v) is 22.4. The van der Waals surface area contributed by atoms with Gasteiger partial charge in [-0.05, 0) is 96.3 Å². The van der Waals surface area contributed by atoms with Crippen LogP contribution in [-0.2, 0) is 18.4 Å². The second-order valence-electron chi connectivity index (χ2n) is 21.0. The average molecular weight is 1060 g/mol. The average Bonchev–Trinajstić information content (AvgIpc) is 3.37. The summed E-state index contributed by atoms with van der Waals surface area (Å²) in [7, 11) is 1.52. The second kappa shape index (κ2) is 55.4. The van der Waals surface area contributed by atoms with Crippen molar-refractivity contribution in [3.8, 4) is 0 Å². The lowest BCUT2D eigenvalue weighted by Crippen LogP contribution is -2.45. The number of unbranched alkanes of at least 4 members (excludes halogenated alkanes) is 20. The number of nitrogens with zero attached hydrogens (tertiary/aromatic N) is 1. The minimum Gasteiger partial charge on any atom is -0.387 e. The summed E-state index contributed by atoms with van der Waals surface area (Å²) in [4.78, 5) is 23.3. The van der Waals surface area contributed by atoms with Gasteiger partial charge in [-0.15, -0.1) is 0 Å². The molecule has 428 valence electrons. The molecule has 0 aliphatic heterocycles. The number of hydrogen-bond donors (Lipinski definition) is 3. The third-order valence-corrected chi connectivity index (χ3v) is 13.6. The Bertz CT molecular complexity index is 1680. The number of quaternary nitrogens is 1. The van der Waals surface area contributed by atoms with Crippen molar-refractivity contribution < 1.29 is 32.9 Å². The van der Waals surface area contributed by atoms with Crippen LogP contribution in [0.25, 0.3) is 0 Å². The van der Waals surface area contributed by atoms with Gasteiger partial charge in [0.15, 0.2) is 0 Å². The van der Waals surface area contributed by atoms with Crippen LogP contribution in [0.4, 0.5) is 0 Å². The van der Waals surface area contributed by atoms with Gasteiger partial charge in [0.05, 0.1) is 39.9 Å². The van der Waals surface area contributed by atoms with Crippen LogP contribution >= 0.6 is 7.82 Å². The zero-order chi connectivity index (χ0) is 54.9.